The van der Waals surface area contributed by atoms with Gasteiger partial charge in [0.25, 0.3) is 5.91 Å². The fraction of sp³-hybridized carbons (Fsp3) is 0.364. The van der Waals surface area contributed by atoms with Gasteiger partial charge in [-0.15, -0.1) is 0 Å². The third kappa shape index (κ3) is 4.31. The summed E-state index contributed by atoms with van der Waals surface area (Å²) in [7, 11) is 0. The van der Waals surface area contributed by atoms with Gasteiger partial charge in [0.1, 0.15) is 0 Å². The van der Waals surface area contributed by atoms with Gasteiger partial charge in [-0.1, -0.05) is 48.9 Å². The fourth-order valence-electron chi connectivity index (χ4n) is 3.22. The highest BCUT2D eigenvalue weighted by atomic mass is 16.2. The van der Waals surface area contributed by atoms with Crippen LogP contribution >= 0.6 is 0 Å². The monoisotopic (exact) mass is 350 g/mol. The lowest BCUT2D eigenvalue weighted by molar-refractivity contribution is -0.131. The van der Waals surface area contributed by atoms with E-state index in [2.05, 4.69) is 6.92 Å². The van der Waals surface area contributed by atoms with Crippen molar-refractivity contribution < 1.29 is 9.59 Å². The summed E-state index contributed by atoms with van der Waals surface area (Å²) in [5.41, 5.74) is 4.19. The summed E-state index contributed by atoms with van der Waals surface area (Å²) in [6, 6.07) is 15.9. The average Bonchev–Trinajstić information content (AvgIpc) is 2.69. The maximum Gasteiger partial charge on any atom is 0.253 e. The molecule has 0 aromatic heterocycles. The summed E-state index contributed by atoms with van der Waals surface area (Å²) in [6.07, 6.45) is 1.39. The Morgan fingerprint density at radius 2 is 1.35 bits per heavy atom. The van der Waals surface area contributed by atoms with Crippen LogP contribution in [-0.4, -0.2) is 47.8 Å². The molecule has 0 saturated carbocycles. The number of amides is 2. The number of piperazine rings is 1. The van der Waals surface area contributed by atoms with Crippen LogP contribution in [0.4, 0.5) is 0 Å². The highest BCUT2D eigenvalue weighted by molar-refractivity contribution is 5.94. The van der Waals surface area contributed by atoms with Gasteiger partial charge in [0, 0.05) is 31.7 Å². The standard InChI is InChI=1S/C22H26N2O2/c1-3-18-8-10-20(11-9-18)22(26)24-14-12-23(13-15-24)21(25)16-19-6-4-17(2)5-7-19/h4-11H,3,12-16H2,1-2H3. The zero-order valence-electron chi connectivity index (χ0n) is 15.6. The van der Waals surface area contributed by atoms with Crippen LogP contribution in [0.15, 0.2) is 48.5 Å². The molecule has 1 saturated heterocycles. The van der Waals surface area contributed by atoms with Gasteiger partial charge in [-0.05, 0) is 36.6 Å². The molecule has 2 aromatic carbocycles. The molecule has 0 atom stereocenters. The first-order valence-electron chi connectivity index (χ1n) is 9.28. The molecule has 0 unspecified atom stereocenters. The Hall–Kier alpha value is -2.62. The summed E-state index contributed by atoms with van der Waals surface area (Å²) >= 11 is 0. The number of carbonyl (C=O) groups is 2. The van der Waals surface area contributed by atoms with E-state index in [1.807, 2.05) is 65.3 Å². The van der Waals surface area contributed by atoms with E-state index in [4.69, 9.17) is 0 Å². The van der Waals surface area contributed by atoms with Gasteiger partial charge < -0.3 is 9.80 Å². The van der Waals surface area contributed by atoms with Crippen LogP contribution in [0.3, 0.4) is 0 Å². The predicted octanol–water partition coefficient (Wildman–Crippen LogP) is 3.08. The van der Waals surface area contributed by atoms with Gasteiger partial charge in [0.05, 0.1) is 6.42 Å². The molecule has 0 aliphatic carbocycles. The molecule has 2 amide bonds. The van der Waals surface area contributed by atoms with Crippen molar-refractivity contribution in [2.75, 3.05) is 26.2 Å². The van der Waals surface area contributed by atoms with Gasteiger partial charge in [-0.25, -0.2) is 0 Å². The zero-order chi connectivity index (χ0) is 18.5. The van der Waals surface area contributed by atoms with E-state index in [9.17, 15) is 9.59 Å². The molecule has 4 nitrogen and oxygen atoms in total. The topological polar surface area (TPSA) is 40.6 Å². The highest BCUT2D eigenvalue weighted by Gasteiger charge is 2.24. The van der Waals surface area contributed by atoms with Crippen LogP contribution in [-0.2, 0) is 17.6 Å². The van der Waals surface area contributed by atoms with Crippen molar-refractivity contribution in [3.8, 4) is 0 Å². The Morgan fingerprint density at radius 3 is 1.92 bits per heavy atom. The summed E-state index contributed by atoms with van der Waals surface area (Å²) < 4.78 is 0. The van der Waals surface area contributed by atoms with Gasteiger partial charge in [-0.2, -0.15) is 0 Å². The van der Waals surface area contributed by atoms with E-state index in [-0.39, 0.29) is 11.8 Å². The van der Waals surface area contributed by atoms with E-state index >= 15 is 0 Å². The largest absolute Gasteiger partial charge is 0.339 e. The van der Waals surface area contributed by atoms with E-state index in [0.29, 0.717) is 32.6 Å². The number of nitrogens with zero attached hydrogens (tertiary/aromatic N) is 2. The first-order valence-corrected chi connectivity index (χ1v) is 9.28. The number of hydrogen-bond acceptors (Lipinski definition) is 2. The van der Waals surface area contributed by atoms with E-state index in [0.717, 1.165) is 17.5 Å². The van der Waals surface area contributed by atoms with Crippen molar-refractivity contribution in [2.24, 2.45) is 0 Å². The highest BCUT2D eigenvalue weighted by Crippen LogP contribution is 2.12. The summed E-state index contributed by atoms with van der Waals surface area (Å²) in [4.78, 5) is 28.8. The van der Waals surface area contributed by atoms with Crippen molar-refractivity contribution >= 4 is 11.8 Å². The van der Waals surface area contributed by atoms with Crippen molar-refractivity contribution in [3.05, 3.63) is 70.8 Å². The van der Waals surface area contributed by atoms with Crippen molar-refractivity contribution in [1.82, 2.24) is 9.80 Å². The van der Waals surface area contributed by atoms with E-state index in [1.165, 1.54) is 11.1 Å². The van der Waals surface area contributed by atoms with Gasteiger partial charge in [0.2, 0.25) is 5.91 Å². The van der Waals surface area contributed by atoms with Crippen LogP contribution in [0.2, 0.25) is 0 Å². The molecule has 1 aliphatic rings. The van der Waals surface area contributed by atoms with E-state index < -0.39 is 0 Å². The minimum absolute atomic E-state index is 0.0540. The minimum atomic E-state index is 0.0540. The Labute approximate surface area is 155 Å². The molecule has 1 aliphatic heterocycles. The predicted molar refractivity (Wildman–Crippen MR) is 103 cm³/mol. The number of hydrogen-bond donors (Lipinski definition) is 0. The fourth-order valence-corrected chi connectivity index (χ4v) is 3.22. The maximum atomic E-state index is 12.6. The molecular formula is C22H26N2O2. The number of aryl methyl sites for hydroxylation is 2. The number of carbonyl (C=O) groups excluding carboxylic acids is 2. The SMILES string of the molecule is CCc1ccc(C(=O)N2CCN(C(=O)Cc3ccc(C)cc3)CC2)cc1. The first-order chi connectivity index (χ1) is 12.6. The molecule has 136 valence electrons. The van der Waals surface area contributed by atoms with Crippen LogP contribution in [0, 0.1) is 6.92 Å². The number of benzene rings is 2. The normalized spacial score (nSPS) is 14.4. The average molecular weight is 350 g/mol. The quantitative estimate of drug-likeness (QED) is 0.850. The lowest BCUT2D eigenvalue weighted by Crippen LogP contribution is -2.51. The zero-order valence-corrected chi connectivity index (χ0v) is 15.6. The molecule has 1 heterocycles. The van der Waals surface area contributed by atoms with Crippen LogP contribution in [0.1, 0.15) is 34.0 Å². The van der Waals surface area contributed by atoms with Crippen LogP contribution < -0.4 is 0 Å². The molecule has 3 rings (SSSR count). The maximum absolute atomic E-state index is 12.6. The second-order valence-electron chi connectivity index (χ2n) is 6.89. The molecule has 2 aromatic rings. The van der Waals surface area contributed by atoms with Crippen LogP contribution in [0.5, 0.6) is 0 Å². The number of rotatable bonds is 4. The molecule has 0 N–H and O–H groups in total. The van der Waals surface area contributed by atoms with Gasteiger partial charge >= 0.3 is 0 Å². The minimum Gasteiger partial charge on any atom is -0.339 e. The van der Waals surface area contributed by atoms with Crippen LogP contribution in [0.25, 0.3) is 0 Å². The lowest BCUT2D eigenvalue weighted by atomic mass is 10.1. The third-order valence-corrected chi connectivity index (χ3v) is 5.00. The molecule has 26 heavy (non-hydrogen) atoms. The van der Waals surface area contributed by atoms with E-state index in [1.54, 1.807) is 0 Å². The van der Waals surface area contributed by atoms with Crippen molar-refractivity contribution in [1.29, 1.82) is 0 Å². The Morgan fingerprint density at radius 1 is 0.808 bits per heavy atom. The lowest BCUT2D eigenvalue weighted by Gasteiger charge is -2.35. The summed E-state index contributed by atoms with van der Waals surface area (Å²) in [6.45, 7) is 6.52. The second kappa shape index (κ2) is 8.17. The van der Waals surface area contributed by atoms with Gasteiger partial charge in [-0.3, -0.25) is 9.59 Å². The van der Waals surface area contributed by atoms with Crippen molar-refractivity contribution in [2.45, 2.75) is 26.7 Å². The molecule has 0 spiro atoms. The molecule has 0 bridgehead atoms. The smallest absolute Gasteiger partial charge is 0.253 e. The molecular weight excluding hydrogens is 324 g/mol. The Bertz CT molecular complexity index is 758. The van der Waals surface area contributed by atoms with Crippen molar-refractivity contribution in [3.63, 3.8) is 0 Å². The Balaban J connectivity index is 1.53. The molecule has 1 fully saturated rings. The molecule has 4 heteroatoms. The second-order valence-corrected chi connectivity index (χ2v) is 6.89. The molecule has 0 radical (unpaired) electrons. The van der Waals surface area contributed by atoms with Gasteiger partial charge in [0.15, 0.2) is 0 Å². The third-order valence-electron chi connectivity index (χ3n) is 5.00. The summed E-state index contributed by atoms with van der Waals surface area (Å²) in [5.74, 6) is 0.187. The first kappa shape index (κ1) is 18.2. The summed E-state index contributed by atoms with van der Waals surface area (Å²) in [5, 5.41) is 0. The Kier molecular flexibility index (Phi) is 5.71.